The molecule has 0 unspecified atom stereocenters. The van der Waals surface area contributed by atoms with Crippen LogP contribution >= 0.6 is 11.6 Å². The van der Waals surface area contributed by atoms with Crippen molar-refractivity contribution in [1.29, 1.82) is 0 Å². The lowest BCUT2D eigenvalue weighted by Crippen LogP contribution is -2.15. The zero-order chi connectivity index (χ0) is 14.6. The fourth-order valence-corrected chi connectivity index (χ4v) is 3.23. The van der Waals surface area contributed by atoms with E-state index >= 15 is 0 Å². The third-order valence-corrected chi connectivity index (χ3v) is 4.39. The van der Waals surface area contributed by atoms with Gasteiger partial charge in [0, 0.05) is 18.9 Å². The number of pyridine rings is 1. The number of ether oxygens (including phenoxy) is 1. The summed E-state index contributed by atoms with van der Waals surface area (Å²) in [7, 11) is -2.24. The highest BCUT2D eigenvalue weighted by Gasteiger charge is 2.19. The second-order valence-corrected chi connectivity index (χ2v) is 6.00. The molecule has 0 saturated carbocycles. The first kappa shape index (κ1) is 14.8. The summed E-state index contributed by atoms with van der Waals surface area (Å²) in [4.78, 5) is 3.71. The number of para-hydroxylation sites is 1. The number of sulfonamides is 1. The van der Waals surface area contributed by atoms with Crippen LogP contribution in [0, 0.1) is 0 Å². The number of aromatic nitrogens is 1. The first-order valence-corrected chi connectivity index (χ1v) is 7.61. The number of nitrogens with zero attached hydrogens (tertiary/aromatic N) is 1. The molecule has 0 aliphatic carbocycles. The van der Waals surface area contributed by atoms with Crippen LogP contribution in [0.2, 0.25) is 5.15 Å². The third kappa shape index (κ3) is 3.27. The highest BCUT2D eigenvalue weighted by atomic mass is 35.5. The van der Waals surface area contributed by atoms with Gasteiger partial charge in [-0.1, -0.05) is 29.8 Å². The molecule has 0 spiro atoms. The highest BCUT2D eigenvalue weighted by molar-refractivity contribution is 7.92. The van der Waals surface area contributed by atoms with Crippen molar-refractivity contribution in [1.82, 2.24) is 4.98 Å². The molecule has 0 fully saturated rings. The molecule has 1 aromatic heterocycles. The van der Waals surface area contributed by atoms with Crippen LogP contribution in [0.15, 0.2) is 47.5 Å². The molecule has 0 aliphatic heterocycles. The van der Waals surface area contributed by atoms with Crippen molar-refractivity contribution in [3.8, 4) is 0 Å². The molecule has 7 heteroatoms. The summed E-state index contributed by atoms with van der Waals surface area (Å²) in [5.41, 5.74) is 1.19. The van der Waals surface area contributed by atoms with E-state index in [1.165, 1.54) is 18.3 Å². The number of nitrogens with one attached hydrogen (secondary N) is 1. The van der Waals surface area contributed by atoms with Gasteiger partial charge in [0.25, 0.3) is 10.0 Å². The maximum atomic E-state index is 12.3. The Labute approximate surface area is 122 Å². The van der Waals surface area contributed by atoms with Gasteiger partial charge in [-0.15, -0.1) is 0 Å². The van der Waals surface area contributed by atoms with E-state index in [1.54, 1.807) is 25.3 Å². The molecule has 1 N–H and O–H groups in total. The molecule has 0 bridgehead atoms. The maximum Gasteiger partial charge on any atom is 0.264 e. The summed E-state index contributed by atoms with van der Waals surface area (Å²) in [6.45, 7) is 0.305. The van der Waals surface area contributed by atoms with Crippen LogP contribution in [0.1, 0.15) is 5.56 Å². The Balaban J connectivity index is 2.37. The maximum absolute atomic E-state index is 12.3. The van der Waals surface area contributed by atoms with Crippen molar-refractivity contribution in [2.24, 2.45) is 0 Å². The quantitative estimate of drug-likeness (QED) is 0.862. The van der Waals surface area contributed by atoms with Crippen LogP contribution in [-0.2, 0) is 21.4 Å². The van der Waals surface area contributed by atoms with Crippen molar-refractivity contribution in [3.63, 3.8) is 0 Å². The number of hydrogen-bond donors (Lipinski definition) is 1. The molecule has 1 heterocycles. The second kappa shape index (κ2) is 6.21. The van der Waals surface area contributed by atoms with Crippen LogP contribution in [0.5, 0.6) is 0 Å². The lowest BCUT2D eigenvalue weighted by atomic mass is 10.2. The van der Waals surface area contributed by atoms with Crippen molar-refractivity contribution < 1.29 is 13.2 Å². The van der Waals surface area contributed by atoms with Gasteiger partial charge < -0.3 is 4.74 Å². The van der Waals surface area contributed by atoms with E-state index in [2.05, 4.69) is 9.71 Å². The number of rotatable bonds is 5. The van der Waals surface area contributed by atoms with Gasteiger partial charge in [0.05, 0.1) is 12.3 Å². The Kier molecular flexibility index (Phi) is 4.59. The molecule has 0 aliphatic rings. The predicted molar refractivity (Wildman–Crippen MR) is 77.2 cm³/mol. The fourth-order valence-electron chi connectivity index (χ4n) is 1.67. The first-order valence-electron chi connectivity index (χ1n) is 5.75. The summed E-state index contributed by atoms with van der Waals surface area (Å²) < 4.78 is 32.1. The molecule has 1 aromatic carbocycles. The van der Waals surface area contributed by atoms with E-state index in [1.807, 2.05) is 6.07 Å². The van der Waals surface area contributed by atoms with Crippen LogP contribution in [0.25, 0.3) is 0 Å². The summed E-state index contributed by atoms with van der Waals surface area (Å²) in [6.07, 6.45) is 1.43. The van der Waals surface area contributed by atoms with Gasteiger partial charge >= 0.3 is 0 Å². The van der Waals surface area contributed by atoms with Gasteiger partial charge in [-0.2, -0.15) is 0 Å². The van der Waals surface area contributed by atoms with Gasteiger partial charge in [0.2, 0.25) is 0 Å². The van der Waals surface area contributed by atoms with Gasteiger partial charge in [-0.25, -0.2) is 13.4 Å². The smallest absolute Gasteiger partial charge is 0.264 e. The number of benzene rings is 1. The highest BCUT2D eigenvalue weighted by Crippen LogP contribution is 2.23. The van der Waals surface area contributed by atoms with Crippen molar-refractivity contribution in [2.75, 3.05) is 11.8 Å². The van der Waals surface area contributed by atoms with E-state index in [0.717, 1.165) is 5.56 Å². The lowest BCUT2D eigenvalue weighted by Gasteiger charge is -2.12. The standard InChI is InChI=1S/C13H13ClN2O3S/c1-19-9-10-5-2-3-6-11(10)16-20(17,18)12-7-4-8-15-13(12)14/h2-8,16H,9H2,1H3. The Morgan fingerprint density at radius 3 is 2.70 bits per heavy atom. The number of halogens is 1. The summed E-state index contributed by atoms with van der Waals surface area (Å²) in [5.74, 6) is 0. The Bertz CT molecular complexity index is 704. The van der Waals surface area contributed by atoms with Crippen molar-refractivity contribution in [3.05, 3.63) is 53.3 Å². The van der Waals surface area contributed by atoms with Gasteiger partial charge in [-0.3, -0.25) is 4.72 Å². The van der Waals surface area contributed by atoms with Crippen LogP contribution in [0.4, 0.5) is 5.69 Å². The van der Waals surface area contributed by atoms with Crippen molar-refractivity contribution in [2.45, 2.75) is 11.5 Å². The molecule has 0 saturated heterocycles. The number of hydrogen-bond acceptors (Lipinski definition) is 4. The molecule has 20 heavy (non-hydrogen) atoms. The van der Waals surface area contributed by atoms with E-state index in [4.69, 9.17) is 16.3 Å². The monoisotopic (exact) mass is 312 g/mol. The normalized spacial score (nSPS) is 11.3. The Morgan fingerprint density at radius 2 is 2.00 bits per heavy atom. The molecule has 0 radical (unpaired) electrons. The SMILES string of the molecule is COCc1ccccc1NS(=O)(=O)c1cccnc1Cl. The first-order chi connectivity index (χ1) is 9.54. The van der Waals surface area contributed by atoms with Gasteiger partial charge in [-0.05, 0) is 18.2 Å². The topological polar surface area (TPSA) is 68.3 Å². The molecule has 2 aromatic rings. The lowest BCUT2D eigenvalue weighted by molar-refractivity contribution is 0.185. The number of methoxy groups -OCH3 is 1. The summed E-state index contributed by atoms with van der Waals surface area (Å²) in [5, 5.41) is -0.0655. The summed E-state index contributed by atoms with van der Waals surface area (Å²) in [6, 6.07) is 9.91. The van der Waals surface area contributed by atoms with Crippen LogP contribution in [-0.4, -0.2) is 20.5 Å². The molecule has 106 valence electrons. The zero-order valence-electron chi connectivity index (χ0n) is 10.7. The average Bonchev–Trinajstić information content (AvgIpc) is 2.41. The second-order valence-electron chi connectivity index (χ2n) is 3.99. The minimum Gasteiger partial charge on any atom is -0.380 e. The number of anilines is 1. The van der Waals surface area contributed by atoms with Gasteiger partial charge in [0.1, 0.15) is 10.0 Å². The van der Waals surface area contributed by atoms with E-state index < -0.39 is 10.0 Å². The molecule has 5 nitrogen and oxygen atoms in total. The molecular formula is C13H13ClN2O3S. The average molecular weight is 313 g/mol. The largest absolute Gasteiger partial charge is 0.380 e. The molecule has 0 amide bonds. The van der Waals surface area contributed by atoms with Gasteiger partial charge in [0.15, 0.2) is 0 Å². The zero-order valence-corrected chi connectivity index (χ0v) is 12.3. The molecular weight excluding hydrogens is 300 g/mol. The minimum absolute atomic E-state index is 0.0612. The predicted octanol–water partition coefficient (Wildman–Crippen LogP) is 2.68. The Morgan fingerprint density at radius 1 is 1.25 bits per heavy atom. The Hall–Kier alpha value is -1.63. The fraction of sp³-hybridized carbons (Fsp3) is 0.154. The minimum atomic E-state index is -3.78. The van der Waals surface area contributed by atoms with E-state index in [0.29, 0.717) is 12.3 Å². The van der Waals surface area contributed by atoms with Crippen LogP contribution < -0.4 is 4.72 Å². The third-order valence-electron chi connectivity index (χ3n) is 2.58. The summed E-state index contributed by atoms with van der Waals surface area (Å²) >= 11 is 5.82. The van der Waals surface area contributed by atoms with E-state index in [-0.39, 0.29) is 10.0 Å². The molecule has 2 rings (SSSR count). The molecule has 0 atom stereocenters. The van der Waals surface area contributed by atoms with Crippen molar-refractivity contribution >= 4 is 27.3 Å². The van der Waals surface area contributed by atoms with Crippen LogP contribution in [0.3, 0.4) is 0 Å². The van der Waals surface area contributed by atoms with E-state index in [9.17, 15) is 8.42 Å².